The molecule has 3 N–H and O–H groups in total. The first-order chi connectivity index (χ1) is 9.43. The second kappa shape index (κ2) is 7.45. The van der Waals surface area contributed by atoms with Gasteiger partial charge >= 0.3 is 5.97 Å². The summed E-state index contributed by atoms with van der Waals surface area (Å²) in [6, 6.07) is 4.81. The smallest absolute Gasteiger partial charge is 0.321 e. The first-order valence-electron chi connectivity index (χ1n) is 6.38. The Balaban J connectivity index is 2.67. The zero-order valence-corrected chi connectivity index (χ0v) is 11.8. The molecule has 1 atom stereocenters. The van der Waals surface area contributed by atoms with Gasteiger partial charge in [0.1, 0.15) is 6.04 Å². The van der Waals surface area contributed by atoms with Crippen LogP contribution in [0, 0.1) is 13.8 Å². The van der Waals surface area contributed by atoms with E-state index in [0.29, 0.717) is 12.2 Å². The van der Waals surface area contributed by atoms with Crippen molar-refractivity contribution in [2.75, 3.05) is 11.9 Å². The second-order valence-corrected chi connectivity index (χ2v) is 4.66. The highest BCUT2D eigenvalue weighted by molar-refractivity contribution is 5.94. The molecule has 108 valence electrons. The van der Waals surface area contributed by atoms with Gasteiger partial charge in [0, 0.05) is 12.2 Å². The molecule has 5 heteroatoms. The standard InChI is InChI=1S/C15H20N2O3/c1-4-7-16-13(15(19)20)9-14(18)17-12-8-10(2)5-6-11(12)3/h4-6,8,13,16H,1,7,9H2,2-3H3,(H,17,18)(H,19,20). The van der Waals surface area contributed by atoms with Gasteiger partial charge in [0.05, 0.1) is 6.42 Å². The molecule has 0 spiro atoms. The number of hydrogen-bond acceptors (Lipinski definition) is 3. The van der Waals surface area contributed by atoms with Crippen LogP contribution < -0.4 is 10.6 Å². The van der Waals surface area contributed by atoms with E-state index in [1.807, 2.05) is 32.0 Å². The van der Waals surface area contributed by atoms with Gasteiger partial charge in [0.25, 0.3) is 0 Å². The second-order valence-electron chi connectivity index (χ2n) is 4.66. The summed E-state index contributed by atoms with van der Waals surface area (Å²) in [7, 11) is 0. The predicted molar refractivity (Wildman–Crippen MR) is 78.8 cm³/mol. The van der Waals surface area contributed by atoms with E-state index < -0.39 is 12.0 Å². The third kappa shape index (κ3) is 4.85. The van der Waals surface area contributed by atoms with Gasteiger partial charge in [-0.3, -0.25) is 9.59 Å². The molecule has 0 radical (unpaired) electrons. The maximum Gasteiger partial charge on any atom is 0.321 e. The van der Waals surface area contributed by atoms with E-state index in [1.54, 1.807) is 6.08 Å². The lowest BCUT2D eigenvalue weighted by Crippen LogP contribution is -2.39. The molecule has 0 aromatic heterocycles. The summed E-state index contributed by atoms with van der Waals surface area (Å²) in [6.07, 6.45) is 1.43. The lowest BCUT2D eigenvalue weighted by molar-refractivity contribution is -0.140. The van der Waals surface area contributed by atoms with Crippen molar-refractivity contribution in [2.24, 2.45) is 0 Å². The molecule has 0 aliphatic carbocycles. The van der Waals surface area contributed by atoms with E-state index in [0.717, 1.165) is 11.1 Å². The molecule has 0 saturated carbocycles. The lowest BCUT2D eigenvalue weighted by Gasteiger charge is -2.14. The summed E-state index contributed by atoms with van der Waals surface area (Å²) >= 11 is 0. The Hall–Kier alpha value is -2.14. The average Bonchev–Trinajstić information content (AvgIpc) is 2.38. The Kier molecular flexibility index (Phi) is 5.93. The SMILES string of the molecule is C=CCNC(CC(=O)Nc1cc(C)ccc1C)C(=O)O. The fourth-order valence-electron chi connectivity index (χ4n) is 1.73. The summed E-state index contributed by atoms with van der Waals surface area (Å²) in [5, 5.41) is 14.5. The normalized spacial score (nSPS) is 11.7. The molecule has 0 bridgehead atoms. The minimum absolute atomic E-state index is 0.128. The maximum absolute atomic E-state index is 11.9. The number of carboxylic acids is 1. The summed E-state index contributed by atoms with van der Waals surface area (Å²) in [6.45, 7) is 7.67. The van der Waals surface area contributed by atoms with Gasteiger partial charge < -0.3 is 15.7 Å². The molecule has 1 amide bonds. The molecule has 0 aliphatic rings. The van der Waals surface area contributed by atoms with Crippen LogP contribution in [-0.2, 0) is 9.59 Å². The molecule has 0 fully saturated rings. The van der Waals surface area contributed by atoms with Crippen molar-refractivity contribution in [1.82, 2.24) is 5.32 Å². The first kappa shape index (κ1) is 15.9. The summed E-state index contributed by atoms with van der Waals surface area (Å²) in [5.74, 6) is -1.38. The zero-order chi connectivity index (χ0) is 15.1. The van der Waals surface area contributed by atoms with E-state index in [2.05, 4.69) is 17.2 Å². The van der Waals surface area contributed by atoms with Crippen LogP contribution in [0.5, 0.6) is 0 Å². The van der Waals surface area contributed by atoms with Crippen molar-refractivity contribution in [2.45, 2.75) is 26.3 Å². The lowest BCUT2D eigenvalue weighted by atomic mass is 10.1. The van der Waals surface area contributed by atoms with Crippen molar-refractivity contribution in [1.29, 1.82) is 0 Å². The molecule has 5 nitrogen and oxygen atoms in total. The Morgan fingerprint density at radius 1 is 1.40 bits per heavy atom. The summed E-state index contributed by atoms with van der Waals surface area (Å²) in [5.41, 5.74) is 2.68. The van der Waals surface area contributed by atoms with Crippen molar-refractivity contribution < 1.29 is 14.7 Å². The van der Waals surface area contributed by atoms with Gasteiger partial charge in [-0.2, -0.15) is 0 Å². The molecule has 1 rings (SSSR count). The van der Waals surface area contributed by atoms with Crippen molar-refractivity contribution in [3.8, 4) is 0 Å². The average molecular weight is 276 g/mol. The van der Waals surface area contributed by atoms with E-state index in [1.165, 1.54) is 0 Å². The summed E-state index contributed by atoms with van der Waals surface area (Å²) in [4.78, 5) is 23.0. The molecule has 0 heterocycles. The first-order valence-corrected chi connectivity index (χ1v) is 6.38. The van der Waals surface area contributed by atoms with Crippen molar-refractivity contribution in [3.63, 3.8) is 0 Å². The van der Waals surface area contributed by atoms with Gasteiger partial charge in [0.15, 0.2) is 0 Å². The maximum atomic E-state index is 11.9. The quantitative estimate of drug-likeness (QED) is 0.664. The highest BCUT2D eigenvalue weighted by atomic mass is 16.4. The Morgan fingerprint density at radius 3 is 2.70 bits per heavy atom. The molecule has 1 unspecified atom stereocenters. The molecular weight excluding hydrogens is 256 g/mol. The number of rotatable bonds is 7. The van der Waals surface area contributed by atoms with E-state index >= 15 is 0 Å². The zero-order valence-electron chi connectivity index (χ0n) is 11.8. The molecule has 0 aliphatic heterocycles. The van der Waals surface area contributed by atoms with Crippen LogP contribution in [0.1, 0.15) is 17.5 Å². The monoisotopic (exact) mass is 276 g/mol. The van der Waals surface area contributed by atoms with Crippen molar-refractivity contribution >= 4 is 17.6 Å². The van der Waals surface area contributed by atoms with Gasteiger partial charge in [-0.25, -0.2) is 0 Å². The van der Waals surface area contributed by atoms with Crippen molar-refractivity contribution in [3.05, 3.63) is 42.0 Å². The topological polar surface area (TPSA) is 78.4 Å². The third-order valence-electron chi connectivity index (χ3n) is 2.86. The van der Waals surface area contributed by atoms with Crippen LogP contribution >= 0.6 is 0 Å². The number of nitrogens with one attached hydrogen (secondary N) is 2. The summed E-state index contributed by atoms with van der Waals surface area (Å²) < 4.78 is 0. The van der Waals surface area contributed by atoms with Gasteiger partial charge in [0.2, 0.25) is 5.91 Å². The van der Waals surface area contributed by atoms with E-state index in [-0.39, 0.29) is 12.3 Å². The number of amides is 1. The van der Waals surface area contributed by atoms with Crippen LogP contribution in [0.25, 0.3) is 0 Å². The fourth-order valence-corrected chi connectivity index (χ4v) is 1.73. The highest BCUT2D eigenvalue weighted by Gasteiger charge is 2.20. The number of aryl methyl sites for hydroxylation is 2. The van der Waals surface area contributed by atoms with Gasteiger partial charge in [-0.15, -0.1) is 6.58 Å². The highest BCUT2D eigenvalue weighted by Crippen LogP contribution is 2.16. The van der Waals surface area contributed by atoms with E-state index in [4.69, 9.17) is 5.11 Å². The predicted octanol–water partition coefficient (Wildman–Crippen LogP) is 1.86. The number of carbonyl (C=O) groups excluding carboxylic acids is 1. The molecule has 20 heavy (non-hydrogen) atoms. The molecule has 1 aromatic rings. The number of carbonyl (C=O) groups is 2. The van der Waals surface area contributed by atoms with E-state index in [9.17, 15) is 9.59 Å². The number of benzene rings is 1. The minimum atomic E-state index is -1.05. The fraction of sp³-hybridized carbons (Fsp3) is 0.333. The largest absolute Gasteiger partial charge is 0.480 e. The van der Waals surface area contributed by atoms with Crippen LogP contribution in [0.15, 0.2) is 30.9 Å². The number of anilines is 1. The van der Waals surface area contributed by atoms with Gasteiger partial charge in [-0.1, -0.05) is 18.2 Å². The van der Waals surface area contributed by atoms with Crippen LogP contribution in [0.2, 0.25) is 0 Å². The molecule has 1 aromatic carbocycles. The van der Waals surface area contributed by atoms with Crippen LogP contribution in [0.4, 0.5) is 5.69 Å². The Bertz CT molecular complexity index is 512. The molecular formula is C15H20N2O3. The number of aliphatic carboxylic acids is 1. The van der Waals surface area contributed by atoms with Crippen LogP contribution in [-0.4, -0.2) is 29.6 Å². The number of hydrogen-bond donors (Lipinski definition) is 3. The van der Waals surface area contributed by atoms with Crippen LogP contribution in [0.3, 0.4) is 0 Å². The number of carboxylic acid groups (broad SMARTS) is 1. The third-order valence-corrected chi connectivity index (χ3v) is 2.86. The molecule has 0 saturated heterocycles. The van der Waals surface area contributed by atoms with Gasteiger partial charge in [-0.05, 0) is 31.0 Å². The Morgan fingerprint density at radius 2 is 2.10 bits per heavy atom. The minimum Gasteiger partial charge on any atom is -0.480 e. The Labute approximate surface area is 118 Å².